The van der Waals surface area contributed by atoms with Crippen molar-refractivity contribution >= 4 is 28.7 Å². The second-order valence-corrected chi connectivity index (χ2v) is 4.54. The smallest absolute Gasteiger partial charge is 0.204 e. The molecule has 0 bridgehead atoms. The van der Waals surface area contributed by atoms with E-state index in [1.807, 2.05) is 0 Å². The molecule has 0 aromatic carbocycles. The zero-order valence-electron chi connectivity index (χ0n) is 7.41. The van der Waals surface area contributed by atoms with E-state index in [0.717, 1.165) is 23.6 Å². The molecule has 15 heavy (non-hydrogen) atoms. The first-order valence-electron chi connectivity index (χ1n) is 4.07. The van der Waals surface area contributed by atoms with Crippen LogP contribution in [0.3, 0.4) is 0 Å². The molecule has 0 aliphatic rings. The lowest BCUT2D eigenvalue weighted by Gasteiger charge is -1.96. The van der Waals surface area contributed by atoms with Crippen LogP contribution in [0.4, 0.5) is 4.39 Å². The molecular formula is C10H5ClFNOS. The van der Waals surface area contributed by atoms with Crippen molar-refractivity contribution in [3.05, 3.63) is 51.2 Å². The summed E-state index contributed by atoms with van der Waals surface area (Å²) >= 11 is 6.86. The van der Waals surface area contributed by atoms with Crippen LogP contribution in [0.2, 0.25) is 4.34 Å². The SMILES string of the molecule is O=C(c1cncc(F)c1)c1ccc(Cl)s1. The molecule has 0 saturated heterocycles. The minimum Gasteiger partial charge on any atom is -0.288 e. The molecule has 0 spiro atoms. The van der Waals surface area contributed by atoms with Crippen molar-refractivity contribution in [2.75, 3.05) is 0 Å². The highest BCUT2D eigenvalue weighted by Crippen LogP contribution is 2.23. The summed E-state index contributed by atoms with van der Waals surface area (Å²) in [5.41, 5.74) is 0.230. The summed E-state index contributed by atoms with van der Waals surface area (Å²) in [4.78, 5) is 15.8. The van der Waals surface area contributed by atoms with E-state index in [-0.39, 0.29) is 11.3 Å². The lowest BCUT2D eigenvalue weighted by Crippen LogP contribution is -1.99. The van der Waals surface area contributed by atoms with E-state index < -0.39 is 5.82 Å². The fraction of sp³-hybridized carbons (Fsp3) is 0. The Morgan fingerprint density at radius 2 is 2.20 bits per heavy atom. The quantitative estimate of drug-likeness (QED) is 0.756. The fourth-order valence-electron chi connectivity index (χ4n) is 1.11. The highest BCUT2D eigenvalue weighted by molar-refractivity contribution is 7.18. The van der Waals surface area contributed by atoms with Crippen molar-refractivity contribution in [2.24, 2.45) is 0 Å². The number of hydrogen-bond acceptors (Lipinski definition) is 3. The van der Waals surface area contributed by atoms with E-state index in [4.69, 9.17) is 11.6 Å². The molecule has 2 heterocycles. The van der Waals surface area contributed by atoms with Gasteiger partial charge in [0.1, 0.15) is 5.82 Å². The van der Waals surface area contributed by atoms with Gasteiger partial charge in [0.25, 0.3) is 0 Å². The molecule has 2 aromatic rings. The van der Waals surface area contributed by atoms with Crippen molar-refractivity contribution in [2.45, 2.75) is 0 Å². The zero-order chi connectivity index (χ0) is 10.8. The summed E-state index contributed by atoms with van der Waals surface area (Å²) in [7, 11) is 0. The highest BCUT2D eigenvalue weighted by atomic mass is 35.5. The van der Waals surface area contributed by atoms with Gasteiger partial charge in [0.2, 0.25) is 5.78 Å². The molecule has 2 aromatic heterocycles. The summed E-state index contributed by atoms with van der Waals surface area (Å²) in [6.07, 6.45) is 2.39. The average Bonchev–Trinajstić information content (AvgIpc) is 2.64. The second-order valence-electron chi connectivity index (χ2n) is 2.82. The number of aromatic nitrogens is 1. The van der Waals surface area contributed by atoms with Gasteiger partial charge in [0.15, 0.2) is 0 Å². The Balaban J connectivity index is 2.36. The molecule has 0 aliphatic heterocycles. The lowest BCUT2D eigenvalue weighted by molar-refractivity contribution is 0.104. The monoisotopic (exact) mass is 241 g/mol. The molecule has 0 amide bonds. The first-order valence-corrected chi connectivity index (χ1v) is 5.27. The Labute approximate surface area is 94.3 Å². The van der Waals surface area contributed by atoms with Crippen molar-refractivity contribution in [1.29, 1.82) is 0 Å². The van der Waals surface area contributed by atoms with Crippen LogP contribution in [0.5, 0.6) is 0 Å². The summed E-state index contributed by atoms with van der Waals surface area (Å²) in [6.45, 7) is 0. The van der Waals surface area contributed by atoms with E-state index in [9.17, 15) is 9.18 Å². The van der Waals surface area contributed by atoms with Crippen LogP contribution < -0.4 is 0 Å². The largest absolute Gasteiger partial charge is 0.288 e. The van der Waals surface area contributed by atoms with E-state index in [1.54, 1.807) is 12.1 Å². The molecule has 0 unspecified atom stereocenters. The molecule has 2 rings (SSSR count). The number of nitrogens with zero attached hydrogens (tertiary/aromatic N) is 1. The highest BCUT2D eigenvalue weighted by Gasteiger charge is 2.12. The van der Waals surface area contributed by atoms with E-state index in [2.05, 4.69) is 4.98 Å². The predicted octanol–water partition coefficient (Wildman–Crippen LogP) is 3.17. The minimum atomic E-state index is -0.525. The number of carbonyl (C=O) groups is 1. The van der Waals surface area contributed by atoms with E-state index >= 15 is 0 Å². The third kappa shape index (κ3) is 2.22. The average molecular weight is 242 g/mol. The molecular weight excluding hydrogens is 237 g/mol. The Bertz CT molecular complexity index is 512. The van der Waals surface area contributed by atoms with Gasteiger partial charge in [0, 0.05) is 11.8 Å². The Hall–Kier alpha value is -1.26. The van der Waals surface area contributed by atoms with Crippen molar-refractivity contribution in [1.82, 2.24) is 4.98 Å². The maximum absolute atomic E-state index is 12.8. The Morgan fingerprint density at radius 1 is 1.40 bits per heavy atom. The molecule has 2 nitrogen and oxygen atoms in total. The lowest BCUT2D eigenvalue weighted by atomic mass is 10.1. The number of carbonyl (C=O) groups excluding carboxylic acids is 1. The van der Waals surface area contributed by atoms with Gasteiger partial charge in [0.05, 0.1) is 15.4 Å². The Morgan fingerprint density at radius 3 is 2.80 bits per heavy atom. The zero-order valence-corrected chi connectivity index (χ0v) is 8.98. The summed E-state index contributed by atoms with van der Waals surface area (Å²) in [5, 5.41) is 0. The molecule has 0 aliphatic carbocycles. The van der Waals surface area contributed by atoms with Crippen LogP contribution in [0.1, 0.15) is 15.2 Å². The van der Waals surface area contributed by atoms with E-state index in [1.165, 1.54) is 6.20 Å². The number of hydrogen-bond donors (Lipinski definition) is 0. The van der Waals surface area contributed by atoms with Gasteiger partial charge < -0.3 is 0 Å². The van der Waals surface area contributed by atoms with Crippen LogP contribution in [0.15, 0.2) is 30.6 Å². The first kappa shape index (κ1) is 10.3. The molecule has 0 saturated carbocycles. The number of halogens is 2. The molecule has 0 fully saturated rings. The van der Waals surface area contributed by atoms with Gasteiger partial charge in [-0.1, -0.05) is 11.6 Å². The predicted molar refractivity (Wildman–Crippen MR) is 57.0 cm³/mol. The Kier molecular flexibility index (Phi) is 2.79. The minimum absolute atomic E-state index is 0.230. The van der Waals surface area contributed by atoms with Crippen LogP contribution >= 0.6 is 22.9 Å². The maximum atomic E-state index is 12.8. The third-order valence-corrected chi connectivity index (χ3v) is 2.99. The summed E-state index contributed by atoms with van der Waals surface area (Å²) < 4.78 is 13.3. The number of ketones is 1. The van der Waals surface area contributed by atoms with Gasteiger partial charge in [-0.3, -0.25) is 9.78 Å². The van der Waals surface area contributed by atoms with Gasteiger partial charge in [-0.25, -0.2) is 4.39 Å². The number of rotatable bonds is 2. The molecule has 0 N–H and O–H groups in total. The van der Waals surface area contributed by atoms with E-state index in [0.29, 0.717) is 9.21 Å². The third-order valence-electron chi connectivity index (χ3n) is 1.76. The van der Waals surface area contributed by atoms with Gasteiger partial charge in [-0.15, -0.1) is 11.3 Å². The number of thiophene rings is 1. The van der Waals surface area contributed by atoms with Gasteiger partial charge in [-0.05, 0) is 18.2 Å². The topological polar surface area (TPSA) is 30.0 Å². The normalized spacial score (nSPS) is 10.3. The molecule has 5 heteroatoms. The summed E-state index contributed by atoms with van der Waals surface area (Å²) in [6, 6.07) is 4.40. The van der Waals surface area contributed by atoms with Crippen LogP contribution in [-0.4, -0.2) is 10.8 Å². The fourth-order valence-corrected chi connectivity index (χ4v) is 2.12. The first-order chi connectivity index (χ1) is 7.16. The summed E-state index contributed by atoms with van der Waals surface area (Å²) in [5.74, 6) is -0.789. The van der Waals surface area contributed by atoms with Crippen LogP contribution in [0.25, 0.3) is 0 Å². The van der Waals surface area contributed by atoms with Crippen molar-refractivity contribution < 1.29 is 9.18 Å². The molecule has 0 radical (unpaired) electrons. The van der Waals surface area contributed by atoms with Crippen molar-refractivity contribution in [3.63, 3.8) is 0 Å². The maximum Gasteiger partial charge on any atom is 0.204 e. The van der Waals surface area contributed by atoms with Gasteiger partial charge in [-0.2, -0.15) is 0 Å². The standard InChI is InChI=1S/C10H5ClFNOS/c11-9-2-1-8(15-9)10(14)6-3-7(12)5-13-4-6/h1-5H. The van der Waals surface area contributed by atoms with Crippen LogP contribution in [-0.2, 0) is 0 Å². The number of pyridine rings is 1. The van der Waals surface area contributed by atoms with Gasteiger partial charge >= 0.3 is 0 Å². The molecule has 76 valence electrons. The van der Waals surface area contributed by atoms with Crippen molar-refractivity contribution in [3.8, 4) is 0 Å². The second kappa shape index (κ2) is 4.08. The molecule has 0 atom stereocenters. The van der Waals surface area contributed by atoms with Crippen LogP contribution in [0, 0.1) is 5.82 Å².